The summed E-state index contributed by atoms with van der Waals surface area (Å²) >= 11 is 0. The maximum absolute atomic E-state index is 12.7. The minimum absolute atomic E-state index is 0.0382. The van der Waals surface area contributed by atoms with E-state index in [9.17, 15) is 4.79 Å². The first-order chi connectivity index (χ1) is 9.87. The van der Waals surface area contributed by atoms with Gasteiger partial charge in [0.15, 0.2) is 5.78 Å². The lowest BCUT2D eigenvalue weighted by molar-refractivity contribution is 0.103. The van der Waals surface area contributed by atoms with Gasteiger partial charge in [-0.2, -0.15) is 0 Å². The van der Waals surface area contributed by atoms with Gasteiger partial charge >= 0.3 is 0 Å². The molecule has 108 valence electrons. The molecule has 1 aliphatic rings. The van der Waals surface area contributed by atoms with Crippen LogP contribution in [0.4, 0.5) is 5.69 Å². The van der Waals surface area contributed by atoms with Gasteiger partial charge < -0.3 is 10.5 Å². The lowest BCUT2D eigenvalue weighted by Crippen LogP contribution is -2.24. The van der Waals surface area contributed by atoms with Crippen LogP contribution in [0.2, 0.25) is 0 Å². The fourth-order valence-corrected chi connectivity index (χ4v) is 2.78. The number of rotatable bonds is 2. The highest BCUT2D eigenvalue weighted by Gasteiger charge is 2.30. The van der Waals surface area contributed by atoms with Crippen molar-refractivity contribution >= 4 is 11.5 Å². The number of anilines is 1. The standard InChI is InChI=1S/C18H19NO2/c1-11-5-4-6-14(16(11)19)17(20)12-7-8-15-13(9-12)10-18(2,3)21-15/h4-9H,10,19H2,1-3H3. The first-order valence-corrected chi connectivity index (χ1v) is 7.09. The normalized spacial score (nSPS) is 15.4. The lowest BCUT2D eigenvalue weighted by atomic mass is 9.95. The van der Waals surface area contributed by atoms with Crippen molar-refractivity contribution in [3.8, 4) is 5.75 Å². The SMILES string of the molecule is Cc1cccc(C(=O)c2ccc3c(c2)CC(C)(C)O3)c1N. The van der Waals surface area contributed by atoms with Crippen molar-refractivity contribution in [2.24, 2.45) is 0 Å². The summed E-state index contributed by atoms with van der Waals surface area (Å²) in [6, 6.07) is 11.2. The highest BCUT2D eigenvalue weighted by Crippen LogP contribution is 2.35. The van der Waals surface area contributed by atoms with Crippen LogP contribution in [0, 0.1) is 6.92 Å². The van der Waals surface area contributed by atoms with Gasteiger partial charge in [0.1, 0.15) is 11.4 Å². The summed E-state index contributed by atoms with van der Waals surface area (Å²) in [5.41, 5.74) is 9.61. The van der Waals surface area contributed by atoms with E-state index in [1.165, 1.54) is 0 Å². The van der Waals surface area contributed by atoms with Gasteiger partial charge in [-0.1, -0.05) is 12.1 Å². The fourth-order valence-electron chi connectivity index (χ4n) is 2.78. The molecule has 1 heterocycles. The topological polar surface area (TPSA) is 52.3 Å². The lowest BCUT2D eigenvalue weighted by Gasteiger charge is -2.16. The van der Waals surface area contributed by atoms with E-state index in [-0.39, 0.29) is 11.4 Å². The third-order valence-corrected chi connectivity index (χ3v) is 3.89. The number of ether oxygens (including phenoxy) is 1. The summed E-state index contributed by atoms with van der Waals surface area (Å²) in [7, 11) is 0. The fraction of sp³-hybridized carbons (Fsp3) is 0.278. The Bertz CT molecular complexity index is 732. The zero-order valence-corrected chi connectivity index (χ0v) is 12.6. The van der Waals surface area contributed by atoms with Crippen LogP contribution in [-0.4, -0.2) is 11.4 Å². The molecule has 0 saturated carbocycles. The Morgan fingerprint density at radius 2 is 2.00 bits per heavy atom. The molecular weight excluding hydrogens is 262 g/mol. The third-order valence-electron chi connectivity index (χ3n) is 3.89. The number of ketones is 1. The Kier molecular flexibility index (Phi) is 3.01. The summed E-state index contributed by atoms with van der Waals surface area (Å²) in [6.07, 6.45) is 0.812. The van der Waals surface area contributed by atoms with Crippen molar-refractivity contribution in [2.75, 3.05) is 5.73 Å². The summed E-state index contributed by atoms with van der Waals surface area (Å²) in [6.45, 7) is 6.01. The Labute approximate surface area is 124 Å². The number of benzene rings is 2. The second-order valence-electron chi connectivity index (χ2n) is 6.23. The van der Waals surface area contributed by atoms with Crippen molar-refractivity contribution in [2.45, 2.75) is 32.8 Å². The number of aryl methyl sites for hydroxylation is 1. The van der Waals surface area contributed by atoms with Crippen LogP contribution in [0.25, 0.3) is 0 Å². The van der Waals surface area contributed by atoms with Gasteiger partial charge in [0.25, 0.3) is 0 Å². The van der Waals surface area contributed by atoms with Crippen LogP contribution in [0.5, 0.6) is 5.75 Å². The summed E-state index contributed by atoms with van der Waals surface area (Å²) in [4.78, 5) is 12.7. The largest absolute Gasteiger partial charge is 0.487 e. The monoisotopic (exact) mass is 281 g/mol. The number of fused-ring (bicyclic) bond motifs is 1. The minimum Gasteiger partial charge on any atom is -0.487 e. The summed E-state index contributed by atoms with van der Waals surface area (Å²) in [5, 5.41) is 0. The van der Waals surface area contributed by atoms with Crippen LogP contribution >= 0.6 is 0 Å². The van der Waals surface area contributed by atoms with Gasteiger partial charge in [-0.05, 0) is 56.2 Å². The second-order valence-corrected chi connectivity index (χ2v) is 6.23. The average Bonchev–Trinajstić information content (AvgIpc) is 2.73. The van der Waals surface area contributed by atoms with E-state index in [2.05, 4.69) is 0 Å². The van der Waals surface area contributed by atoms with E-state index in [1.54, 1.807) is 6.07 Å². The average molecular weight is 281 g/mol. The van der Waals surface area contributed by atoms with E-state index in [1.807, 2.05) is 51.1 Å². The van der Waals surface area contributed by atoms with Crippen LogP contribution < -0.4 is 10.5 Å². The highest BCUT2D eigenvalue weighted by atomic mass is 16.5. The number of carbonyl (C=O) groups excluding carboxylic acids is 1. The number of hydrogen-bond donors (Lipinski definition) is 1. The van der Waals surface area contributed by atoms with Crippen LogP contribution in [0.3, 0.4) is 0 Å². The van der Waals surface area contributed by atoms with E-state index in [0.717, 1.165) is 23.3 Å². The van der Waals surface area contributed by atoms with Gasteiger partial charge in [-0.3, -0.25) is 4.79 Å². The molecular formula is C18H19NO2. The molecule has 3 heteroatoms. The Morgan fingerprint density at radius 3 is 2.76 bits per heavy atom. The molecule has 2 aromatic rings. The first-order valence-electron chi connectivity index (χ1n) is 7.09. The predicted octanol–water partition coefficient (Wildman–Crippen LogP) is 3.52. The molecule has 3 rings (SSSR count). The van der Waals surface area contributed by atoms with Crippen LogP contribution in [0.1, 0.15) is 40.9 Å². The molecule has 0 radical (unpaired) electrons. The number of carbonyl (C=O) groups is 1. The molecule has 21 heavy (non-hydrogen) atoms. The van der Waals surface area contributed by atoms with Crippen LogP contribution in [-0.2, 0) is 6.42 Å². The molecule has 0 amide bonds. The summed E-state index contributed by atoms with van der Waals surface area (Å²) < 4.78 is 5.84. The van der Waals surface area contributed by atoms with Crippen molar-refractivity contribution in [3.05, 3.63) is 58.7 Å². The molecule has 2 N–H and O–H groups in total. The molecule has 3 nitrogen and oxygen atoms in total. The Hall–Kier alpha value is -2.29. The van der Waals surface area contributed by atoms with E-state index >= 15 is 0 Å². The van der Waals surface area contributed by atoms with Gasteiger partial charge in [-0.15, -0.1) is 0 Å². The molecule has 1 aliphatic heterocycles. The molecule has 0 fully saturated rings. The number of hydrogen-bond acceptors (Lipinski definition) is 3. The molecule has 0 spiro atoms. The maximum atomic E-state index is 12.7. The number of para-hydroxylation sites is 1. The molecule has 0 aliphatic carbocycles. The van der Waals surface area contributed by atoms with E-state index in [4.69, 9.17) is 10.5 Å². The Balaban J connectivity index is 1.99. The summed E-state index contributed by atoms with van der Waals surface area (Å²) in [5.74, 6) is 0.831. The molecule has 0 bridgehead atoms. The van der Waals surface area contributed by atoms with Crippen molar-refractivity contribution in [1.29, 1.82) is 0 Å². The van der Waals surface area contributed by atoms with Crippen molar-refractivity contribution < 1.29 is 9.53 Å². The van der Waals surface area contributed by atoms with Gasteiger partial charge in [-0.25, -0.2) is 0 Å². The van der Waals surface area contributed by atoms with E-state index in [0.29, 0.717) is 16.8 Å². The molecule has 0 atom stereocenters. The zero-order chi connectivity index (χ0) is 15.2. The molecule has 2 aromatic carbocycles. The van der Waals surface area contributed by atoms with Crippen molar-refractivity contribution in [1.82, 2.24) is 0 Å². The second kappa shape index (κ2) is 4.62. The quantitative estimate of drug-likeness (QED) is 0.677. The van der Waals surface area contributed by atoms with Gasteiger partial charge in [0.05, 0.1) is 0 Å². The minimum atomic E-state index is -0.202. The van der Waals surface area contributed by atoms with Crippen molar-refractivity contribution in [3.63, 3.8) is 0 Å². The third kappa shape index (κ3) is 2.40. The molecule has 0 saturated heterocycles. The van der Waals surface area contributed by atoms with E-state index < -0.39 is 0 Å². The zero-order valence-electron chi connectivity index (χ0n) is 12.6. The number of nitrogen functional groups attached to an aromatic ring is 1. The maximum Gasteiger partial charge on any atom is 0.195 e. The molecule has 0 aromatic heterocycles. The molecule has 0 unspecified atom stereocenters. The van der Waals surface area contributed by atoms with Gasteiger partial charge in [0.2, 0.25) is 0 Å². The smallest absolute Gasteiger partial charge is 0.195 e. The Morgan fingerprint density at radius 1 is 1.24 bits per heavy atom. The highest BCUT2D eigenvalue weighted by molar-refractivity contribution is 6.12. The van der Waals surface area contributed by atoms with Gasteiger partial charge in [0, 0.05) is 23.2 Å². The predicted molar refractivity (Wildman–Crippen MR) is 83.9 cm³/mol. The first kappa shape index (κ1) is 13.7. The van der Waals surface area contributed by atoms with Crippen LogP contribution in [0.15, 0.2) is 36.4 Å². The number of nitrogens with two attached hydrogens (primary N) is 1.